The van der Waals surface area contributed by atoms with Crippen molar-refractivity contribution in [3.05, 3.63) is 83.2 Å². The molecule has 0 radical (unpaired) electrons. The third-order valence-electron chi connectivity index (χ3n) is 9.37. The molecule has 53 heavy (non-hydrogen) atoms. The fraction of sp³-hybridized carbons (Fsp3) is 0.450. The first kappa shape index (κ1) is 41.6. The number of hydrogen-bond donors (Lipinski definition) is 3. The third kappa shape index (κ3) is 12.2. The summed E-state index contributed by atoms with van der Waals surface area (Å²) in [4.78, 5) is 13.2. The Kier molecular flexibility index (Phi) is 15.5. The van der Waals surface area contributed by atoms with Gasteiger partial charge in [-0.3, -0.25) is 4.55 Å². The van der Waals surface area contributed by atoms with Gasteiger partial charge in [0.05, 0.1) is 33.6 Å². The van der Waals surface area contributed by atoms with Crippen molar-refractivity contribution in [1.82, 2.24) is 9.40 Å². The second-order valence-corrected chi connectivity index (χ2v) is 16.7. The maximum atomic E-state index is 13.8. The van der Waals surface area contributed by atoms with Gasteiger partial charge >= 0.3 is 5.97 Å². The smallest absolute Gasteiger partial charge is 0.335 e. The standard InChI is InChI=1S/C40H53N3O8S2/c1-4-5-6-7-8-9-10-11-12-13-14-15-16-17-25-51-38-24-21-32(40(44)45)27-39(38)52(46,47)42-41-35-29-37(31-20-18-19-30(2)26-31)43(3)36-23-22-33(28-34(35)36)53(48,49)50/h18-24,26-29,42H,4-17,25H2,1-3H3,(H,44,45)(H,48,49,50)/b41-35+. The SMILES string of the molecule is CCCCCCCCCCCCCCCCOc1ccc(C(=O)O)cc1S(=O)(=O)N/N=c1\cc(-c2cccc(C)c2)n(C)c2ccc(S(=O)(=O)O)cc12. The molecule has 3 aromatic carbocycles. The number of carbonyl (C=O) groups is 1. The first-order valence-electron chi connectivity index (χ1n) is 18.6. The van der Waals surface area contributed by atoms with E-state index in [1.165, 1.54) is 94.5 Å². The number of carboxylic acids is 1. The summed E-state index contributed by atoms with van der Waals surface area (Å²) in [6, 6.07) is 16.9. The second-order valence-electron chi connectivity index (χ2n) is 13.6. The number of pyridine rings is 1. The van der Waals surface area contributed by atoms with E-state index >= 15 is 0 Å². The number of sulfonamides is 1. The zero-order valence-corrected chi connectivity index (χ0v) is 32.6. The van der Waals surface area contributed by atoms with Gasteiger partial charge in [0.1, 0.15) is 10.6 Å². The summed E-state index contributed by atoms with van der Waals surface area (Å²) in [5, 5.41) is 14.2. The van der Waals surface area contributed by atoms with Crippen LogP contribution in [0.2, 0.25) is 0 Å². The highest BCUT2D eigenvalue weighted by Gasteiger charge is 2.22. The summed E-state index contributed by atoms with van der Waals surface area (Å²) < 4.78 is 69.0. The van der Waals surface area contributed by atoms with Crippen LogP contribution in [0, 0.1) is 6.92 Å². The molecule has 0 atom stereocenters. The number of aromatic carboxylic acids is 1. The Balaban J connectivity index is 1.48. The second kappa shape index (κ2) is 19.8. The number of rotatable bonds is 22. The van der Waals surface area contributed by atoms with E-state index < -0.39 is 31.0 Å². The van der Waals surface area contributed by atoms with E-state index in [-0.39, 0.29) is 33.6 Å². The monoisotopic (exact) mass is 767 g/mol. The van der Waals surface area contributed by atoms with Gasteiger partial charge in [-0.15, -0.1) is 0 Å². The molecule has 1 aromatic heterocycles. The van der Waals surface area contributed by atoms with Crippen molar-refractivity contribution >= 4 is 37.0 Å². The Morgan fingerprint density at radius 3 is 2.00 bits per heavy atom. The Morgan fingerprint density at radius 2 is 1.42 bits per heavy atom. The van der Waals surface area contributed by atoms with Gasteiger partial charge in [-0.1, -0.05) is 114 Å². The van der Waals surface area contributed by atoms with Gasteiger partial charge in [-0.2, -0.15) is 26.8 Å². The van der Waals surface area contributed by atoms with Crippen LogP contribution >= 0.6 is 0 Å². The average Bonchev–Trinajstić information content (AvgIpc) is 3.12. The highest BCUT2D eigenvalue weighted by atomic mass is 32.2. The number of ether oxygens (including phenoxy) is 1. The summed E-state index contributed by atoms with van der Waals surface area (Å²) in [5.41, 5.74) is 2.72. The Morgan fingerprint density at radius 1 is 0.792 bits per heavy atom. The first-order valence-corrected chi connectivity index (χ1v) is 21.5. The van der Waals surface area contributed by atoms with E-state index in [9.17, 15) is 31.3 Å². The fourth-order valence-electron chi connectivity index (χ4n) is 6.39. The molecule has 0 amide bonds. The number of benzene rings is 3. The highest BCUT2D eigenvalue weighted by molar-refractivity contribution is 7.89. The van der Waals surface area contributed by atoms with Crippen molar-refractivity contribution < 1.29 is 36.0 Å². The zero-order chi connectivity index (χ0) is 38.4. The number of carboxylic acid groups (broad SMARTS) is 1. The molecule has 0 spiro atoms. The lowest BCUT2D eigenvalue weighted by molar-refractivity contribution is 0.0696. The molecule has 0 bridgehead atoms. The molecular weight excluding hydrogens is 715 g/mol. The minimum Gasteiger partial charge on any atom is -0.492 e. The van der Waals surface area contributed by atoms with Gasteiger partial charge in [-0.25, -0.2) is 4.79 Å². The molecule has 1 heterocycles. The fourth-order valence-corrected chi connectivity index (χ4v) is 7.89. The first-order chi connectivity index (χ1) is 25.3. The maximum Gasteiger partial charge on any atom is 0.335 e. The van der Waals surface area contributed by atoms with E-state index in [2.05, 4.69) is 16.9 Å². The lowest BCUT2D eigenvalue weighted by Crippen LogP contribution is -2.24. The number of aryl methyl sites for hydroxylation is 2. The topological polar surface area (TPSA) is 164 Å². The molecule has 0 aliphatic heterocycles. The molecule has 0 aliphatic carbocycles. The summed E-state index contributed by atoms with van der Waals surface area (Å²) in [7, 11) is -7.30. The number of nitrogens with one attached hydrogen (secondary N) is 1. The number of unbranched alkanes of at least 4 members (excludes halogenated alkanes) is 13. The van der Waals surface area contributed by atoms with Crippen molar-refractivity contribution in [3.63, 3.8) is 0 Å². The van der Waals surface area contributed by atoms with E-state index in [1.54, 1.807) is 13.1 Å². The molecule has 4 rings (SSSR count). The van der Waals surface area contributed by atoms with E-state index in [4.69, 9.17) is 4.74 Å². The van der Waals surface area contributed by atoms with Crippen LogP contribution in [0.15, 0.2) is 81.6 Å². The van der Waals surface area contributed by atoms with Crippen molar-refractivity contribution in [2.45, 2.75) is 114 Å². The number of aromatic nitrogens is 1. The van der Waals surface area contributed by atoms with Gasteiger partial charge < -0.3 is 14.4 Å². The lowest BCUT2D eigenvalue weighted by atomic mass is 10.0. The van der Waals surface area contributed by atoms with Gasteiger partial charge in [0.25, 0.3) is 20.1 Å². The number of fused-ring (bicyclic) bond motifs is 1. The maximum absolute atomic E-state index is 13.8. The van der Waals surface area contributed by atoms with Crippen LogP contribution in [-0.4, -0.2) is 43.6 Å². The van der Waals surface area contributed by atoms with Gasteiger partial charge in [0, 0.05) is 12.4 Å². The molecule has 0 saturated carbocycles. The summed E-state index contributed by atoms with van der Waals surface area (Å²) in [6.45, 7) is 4.43. The Bertz CT molecular complexity index is 2150. The van der Waals surface area contributed by atoms with Crippen LogP contribution in [0.25, 0.3) is 22.2 Å². The molecule has 3 N–H and O–H groups in total. The quantitative estimate of drug-likeness (QED) is 0.0406. The highest BCUT2D eigenvalue weighted by Crippen LogP contribution is 2.27. The van der Waals surface area contributed by atoms with Crippen LogP contribution in [0.5, 0.6) is 5.75 Å². The molecular formula is C40H53N3O8S2. The van der Waals surface area contributed by atoms with E-state index in [1.807, 2.05) is 35.8 Å². The normalized spacial score (nSPS) is 12.3. The van der Waals surface area contributed by atoms with Crippen LogP contribution in [0.1, 0.15) is 113 Å². The predicted octanol–water partition coefficient (Wildman–Crippen LogP) is 8.75. The number of hydrogen-bond acceptors (Lipinski definition) is 7. The van der Waals surface area contributed by atoms with Crippen molar-refractivity contribution in [2.75, 3.05) is 6.61 Å². The van der Waals surface area contributed by atoms with Gasteiger partial charge in [-0.05, 0) is 67.4 Å². The summed E-state index contributed by atoms with van der Waals surface area (Å²) in [5.74, 6) is -1.31. The molecule has 0 fully saturated rings. The van der Waals surface area contributed by atoms with Gasteiger partial charge in [0.15, 0.2) is 0 Å². The third-order valence-corrected chi connectivity index (χ3v) is 11.5. The van der Waals surface area contributed by atoms with Crippen LogP contribution in [0.4, 0.5) is 0 Å². The van der Waals surface area contributed by atoms with Crippen molar-refractivity contribution in [3.8, 4) is 17.0 Å². The van der Waals surface area contributed by atoms with E-state index in [0.29, 0.717) is 17.6 Å². The van der Waals surface area contributed by atoms with Crippen LogP contribution < -0.4 is 14.9 Å². The number of nitrogens with zero attached hydrogens (tertiary/aromatic N) is 2. The lowest BCUT2D eigenvalue weighted by Gasteiger charge is -2.15. The molecule has 0 unspecified atom stereocenters. The van der Waals surface area contributed by atoms with Crippen molar-refractivity contribution in [2.24, 2.45) is 12.1 Å². The van der Waals surface area contributed by atoms with Crippen LogP contribution in [0.3, 0.4) is 0 Å². The Labute approximate surface area is 313 Å². The predicted molar refractivity (Wildman–Crippen MR) is 208 cm³/mol. The van der Waals surface area contributed by atoms with Crippen LogP contribution in [-0.2, 0) is 27.2 Å². The minimum absolute atomic E-state index is 0.00850. The largest absolute Gasteiger partial charge is 0.492 e. The molecule has 0 aliphatic rings. The summed E-state index contributed by atoms with van der Waals surface area (Å²) >= 11 is 0. The van der Waals surface area contributed by atoms with Crippen molar-refractivity contribution in [1.29, 1.82) is 0 Å². The molecule has 11 nitrogen and oxygen atoms in total. The Hall–Kier alpha value is -4.20. The molecule has 288 valence electrons. The molecule has 0 saturated heterocycles. The zero-order valence-electron chi connectivity index (χ0n) is 31.0. The molecule has 13 heteroatoms. The van der Waals surface area contributed by atoms with Gasteiger partial charge in [0.2, 0.25) is 0 Å². The summed E-state index contributed by atoms with van der Waals surface area (Å²) in [6.07, 6.45) is 16.8. The molecule has 4 aromatic rings. The minimum atomic E-state index is -4.58. The van der Waals surface area contributed by atoms with E-state index in [0.717, 1.165) is 36.5 Å². The average molecular weight is 768 g/mol.